The Labute approximate surface area is 242 Å². The van der Waals surface area contributed by atoms with E-state index in [1.165, 1.54) is 36.4 Å². The molecule has 1 aliphatic rings. The van der Waals surface area contributed by atoms with Crippen LogP contribution >= 0.6 is 7.26 Å². The van der Waals surface area contributed by atoms with Crippen molar-refractivity contribution >= 4 is 29.1 Å². The Morgan fingerprint density at radius 1 is 0.732 bits per heavy atom. The standard InChI is InChI=1S/C33H39F3N2O2P/c1-32(2)22-27(23-33(3,4)38(32)40)37-31(39)8-6-5-7-21-41(28-15-9-24(34)10-16-28,29-17-11-25(35)12-18-29)30-19-13-26(36)14-20-30/h9-20,27H,5-8,21-23H2,1-4H3/p+1. The largest absolute Gasteiger partial charge is 0.353 e. The van der Waals surface area contributed by atoms with Crippen LogP contribution in [-0.2, 0) is 10.0 Å². The molecule has 41 heavy (non-hydrogen) atoms. The minimum Gasteiger partial charge on any atom is -0.353 e. The molecule has 8 heteroatoms. The lowest BCUT2D eigenvalue weighted by atomic mass is 9.79. The molecule has 3 aromatic rings. The molecule has 0 aromatic heterocycles. The van der Waals surface area contributed by atoms with E-state index in [0.29, 0.717) is 31.8 Å². The van der Waals surface area contributed by atoms with Gasteiger partial charge >= 0.3 is 0 Å². The molecule has 1 radical (unpaired) electrons. The molecule has 219 valence electrons. The van der Waals surface area contributed by atoms with Crippen LogP contribution in [-0.4, -0.2) is 34.3 Å². The second kappa shape index (κ2) is 12.6. The zero-order valence-electron chi connectivity index (χ0n) is 24.3. The van der Waals surface area contributed by atoms with Crippen LogP contribution in [0, 0.1) is 17.5 Å². The number of amides is 1. The van der Waals surface area contributed by atoms with Crippen molar-refractivity contribution in [2.75, 3.05) is 6.16 Å². The summed E-state index contributed by atoms with van der Waals surface area (Å²) in [6.07, 6.45) is 4.55. The number of hydrogen-bond acceptors (Lipinski definition) is 2. The summed E-state index contributed by atoms with van der Waals surface area (Å²) >= 11 is 0. The van der Waals surface area contributed by atoms with Crippen LogP contribution < -0.4 is 21.2 Å². The summed E-state index contributed by atoms with van der Waals surface area (Å²) in [6, 6.07) is 19.2. The average Bonchev–Trinajstić information content (AvgIpc) is 2.91. The monoisotopic (exact) mass is 584 g/mol. The van der Waals surface area contributed by atoms with E-state index in [-0.39, 0.29) is 29.4 Å². The lowest BCUT2D eigenvalue weighted by Gasteiger charge is -2.50. The fourth-order valence-corrected chi connectivity index (χ4v) is 10.7. The number of rotatable bonds is 10. The maximum atomic E-state index is 13.9. The number of unbranched alkanes of at least 4 members (excludes halogenated alkanes) is 2. The van der Waals surface area contributed by atoms with E-state index in [1.807, 2.05) is 27.7 Å². The Morgan fingerprint density at radius 2 is 1.12 bits per heavy atom. The fraction of sp³-hybridized carbons (Fsp3) is 0.424. The summed E-state index contributed by atoms with van der Waals surface area (Å²) < 4.78 is 41.8. The van der Waals surface area contributed by atoms with Gasteiger partial charge in [-0.15, -0.1) is 10.3 Å². The van der Waals surface area contributed by atoms with Crippen LogP contribution in [0.25, 0.3) is 0 Å². The fourth-order valence-electron chi connectivity index (χ4n) is 6.40. The second-order valence-corrected chi connectivity index (χ2v) is 16.0. The van der Waals surface area contributed by atoms with Crippen molar-refractivity contribution in [1.29, 1.82) is 0 Å². The van der Waals surface area contributed by atoms with Crippen molar-refractivity contribution in [1.82, 2.24) is 10.4 Å². The number of carbonyl (C=O) groups excluding carboxylic acids is 1. The lowest BCUT2D eigenvalue weighted by Crippen LogP contribution is -2.62. The van der Waals surface area contributed by atoms with Gasteiger partial charge in [0, 0.05) is 23.5 Å². The summed E-state index contributed by atoms with van der Waals surface area (Å²) in [5, 5.41) is 19.7. The van der Waals surface area contributed by atoms with E-state index in [2.05, 4.69) is 5.32 Å². The molecule has 1 aliphatic heterocycles. The van der Waals surface area contributed by atoms with Gasteiger partial charge in [-0.2, -0.15) is 0 Å². The first-order chi connectivity index (χ1) is 19.3. The summed E-state index contributed by atoms with van der Waals surface area (Å²) in [6.45, 7) is 7.66. The van der Waals surface area contributed by atoms with Gasteiger partial charge < -0.3 is 5.32 Å². The van der Waals surface area contributed by atoms with E-state index in [0.717, 1.165) is 33.8 Å². The number of hydroxylamine groups is 2. The predicted molar refractivity (Wildman–Crippen MR) is 160 cm³/mol. The first kappa shape index (κ1) is 31.2. The maximum absolute atomic E-state index is 13.9. The lowest BCUT2D eigenvalue weighted by molar-refractivity contribution is -0.290. The molecule has 0 unspecified atom stereocenters. The Hall–Kier alpha value is -2.73. The first-order valence-electron chi connectivity index (χ1n) is 14.3. The highest BCUT2D eigenvalue weighted by atomic mass is 31.2. The minimum atomic E-state index is -2.38. The van der Waals surface area contributed by atoms with Crippen molar-refractivity contribution < 1.29 is 23.2 Å². The molecule has 0 spiro atoms. The SMILES string of the molecule is CC1(C)CC(NC(=O)CCCCC[P+](c2ccc(F)cc2)(c2ccc(F)cc2)c2ccc(F)cc2)CC(C)(C)N1[O]. The van der Waals surface area contributed by atoms with Crippen LogP contribution in [0.5, 0.6) is 0 Å². The topological polar surface area (TPSA) is 52.2 Å². The Balaban J connectivity index is 1.47. The van der Waals surface area contributed by atoms with E-state index < -0.39 is 18.3 Å². The van der Waals surface area contributed by atoms with Gasteiger partial charge in [0.15, 0.2) is 0 Å². The third-order valence-corrected chi connectivity index (χ3v) is 12.7. The molecule has 1 heterocycles. The third-order valence-electron chi connectivity index (χ3n) is 8.16. The van der Waals surface area contributed by atoms with E-state index in [9.17, 15) is 23.2 Å². The predicted octanol–water partition coefficient (Wildman–Crippen LogP) is 6.44. The number of piperidine rings is 1. The second-order valence-electron chi connectivity index (χ2n) is 12.4. The molecule has 0 bridgehead atoms. The number of carbonyl (C=O) groups is 1. The minimum absolute atomic E-state index is 0.0161. The van der Waals surface area contributed by atoms with Crippen molar-refractivity contribution in [2.45, 2.75) is 83.3 Å². The van der Waals surface area contributed by atoms with Gasteiger partial charge in [-0.25, -0.2) is 13.2 Å². The Bertz CT molecular complexity index is 1180. The maximum Gasteiger partial charge on any atom is 0.220 e. The molecule has 1 saturated heterocycles. The normalized spacial score (nSPS) is 17.4. The van der Waals surface area contributed by atoms with E-state index in [4.69, 9.17) is 0 Å². The number of halogens is 3. The van der Waals surface area contributed by atoms with Crippen molar-refractivity contribution in [3.63, 3.8) is 0 Å². The zero-order valence-corrected chi connectivity index (χ0v) is 25.2. The quantitative estimate of drug-likeness (QED) is 0.220. The summed E-state index contributed by atoms with van der Waals surface area (Å²) in [4.78, 5) is 12.8. The van der Waals surface area contributed by atoms with Crippen LogP contribution in [0.3, 0.4) is 0 Å². The van der Waals surface area contributed by atoms with Crippen LogP contribution in [0.1, 0.15) is 66.2 Å². The van der Waals surface area contributed by atoms with Crippen molar-refractivity contribution in [3.05, 3.63) is 90.2 Å². The van der Waals surface area contributed by atoms with E-state index >= 15 is 0 Å². The third kappa shape index (κ3) is 7.20. The number of hydrogen-bond donors (Lipinski definition) is 1. The van der Waals surface area contributed by atoms with Crippen molar-refractivity contribution in [2.24, 2.45) is 0 Å². The molecule has 1 fully saturated rings. The molecule has 1 amide bonds. The van der Waals surface area contributed by atoms with Gasteiger partial charge in [0.2, 0.25) is 5.91 Å². The summed E-state index contributed by atoms with van der Waals surface area (Å²) in [5.41, 5.74) is -1.10. The molecule has 0 aliphatic carbocycles. The highest BCUT2D eigenvalue weighted by Crippen LogP contribution is 2.56. The molecule has 0 atom stereocenters. The molecular formula is C33H40F3N2O2P+. The molecule has 3 aromatic carbocycles. The molecule has 1 N–H and O–H groups in total. The zero-order chi connectivity index (χ0) is 29.8. The molecule has 4 nitrogen and oxygen atoms in total. The number of nitrogens with one attached hydrogen (secondary N) is 1. The van der Waals surface area contributed by atoms with Gasteiger partial charge in [0.1, 0.15) is 40.6 Å². The molecule has 0 saturated carbocycles. The van der Waals surface area contributed by atoms with Gasteiger partial charge in [-0.05, 0) is 133 Å². The Morgan fingerprint density at radius 3 is 1.51 bits per heavy atom. The molecular weight excluding hydrogens is 544 g/mol. The summed E-state index contributed by atoms with van der Waals surface area (Å²) in [7, 11) is -2.38. The van der Waals surface area contributed by atoms with Crippen LogP contribution in [0.2, 0.25) is 0 Å². The smallest absolute Gasteiger partial charge is 0.220 e. The highest BCUT2D eigenvalue weighted by Gasteiger charge is 2.47. The number of benzene rings is 3. The van der Waals surface area contributed by atoms with E-state index in [1.54, 1.807) is 36.4 Å². The van der Waals surface area contributed by atoms with Gasteiger partial charge in [-0.1, -0.05) is 0 Å². The average molecular weight is 585 g/mol. The highest BCUT2D eigenvalue weighted by molar-refractivity contribution is 7.95. The molecule has 4 rings (SSSR count). The summed E-state index contributed by atoms with van der Waals surface area (Å²) in [5.74, 6) is -1.05. The number of nitrogens with zero attached hydrogens (tertiary/aromatic N) is 1. The van der Waals surface area contributed by atoms with Gasteiger partial charge in [0.25, 0.3) is 0 Å². The Kier molecular flexibility index (Phi) is 9.63. The van der Waals surface area contributed by atoms with Crippen LogP contribution in [0.15, 0.2) is 72.8 Å². The van der Waals surface area contributed by atoms with Crippen LogP contribution in [0.4, 0.5) is 13.2 Å². The van der Waals surface area contributed by atoms with Crippen molar-refractivity contribution in [3.8, 4) is 0 Å². The van der Waals surface area contributed by atoms with Gasteiger partial charge in [0.05, 0.1) is 6.16 Å². The first-order valence-corrected chi connectivity index (χ1v) is 16.2. The van der Waals surface area contributed by atoms with Gasteiger partial charge in [-0.3, -0.25) is 4.79 Å².